The highest BCUT2D eigenvalue weighted by Gasteiger charge is 2.26. The van der Waals surface area contributed by atoms with Gasteiger partial charge in [-0.15, -0.1) is 11.3 Å². The summed E-state index contributed by atoms with van der Waals surface area (Å²) < 4.78 is 27.3. The van der Waals surface area contributed by atoms with E-state index in [9.17, 15) is 13.2 Å². The van der Waals surface area contributed by atoms with Crippen molar-refractivity contribution >= 4 is 27.3 Å². The summed E-state index contributed by atoms with van der Waals surface area (Å²) >= 11 is 1.60. The molecule has 3 N–H and O–H groups in total. The number of nitrogens with one attached hydrogen (secondary N) is 1. The number of carbonyl (C=O) groups is 1. The Hall–Kier alpha value is -1.74. The number of hydrogen-bond acceptors (Lipinski definition) is 5. The number of nitrogens with zero attached hydrogens (tertiary/aromatic N) is 1. The first-order valence-electron chi connectivity index (χ1n) is 8.61. The molecule has 1 saturated heterocycles. The molecule has 2 aromatic rings. The molecule has 1 aromatic heterocycles. The van der Waals surface area contributed by atoms with Crippen molar-refractivity contribution in [2.24, 2.45) is 11.7 Å². The number of carbonyl (C=O) groups excluding carboxylic acids is 1. The molecule has 0 bridgehead atoms. The summed E-state index contributed by atoms with van der Waals surface area (Å²) in [7, 11) is -3.57. The molecule has 1 aliphatic heterocycles. The van der Waals surface area contributed by atoms with Crippen LogP contribution in [0.3, 0.4) is 0 Å². The lowest BCUT2D eigenvalue weighted by Gasteiger charge is -2.16. The van der Waals surface area contributed by atoms with Crippen molar-refractivity contribution in [3.05, 3.63) is 52.2 Å². The first-order valence-corrected chi connectivity index (χ1v) is 11.0. The maximum atomic E-state index is 12.5. The van der Waals surface area contributed by atoms with E-state index in [4.69, 9.17) is 5.73 Å². The Morgan fingerprint density at radius 2 is 2.04 bits per heavy atom. The molecule has 2 heterocycles. The van der Waals surface area contributed by atoms with Crippen molar-refractivity contribution in [3.63, 3.8) is 0 Å². The minimum Gasteiger partial charge on any atom is -0.338 e. The number of likely N-dealkylation sites (tertiary alicyclic amines) is 1. The van der Waals surface area contributed by atoms with Gasteiger partial charge in [-0.3, -0.25) is 4.79 Å². The van der Waals surface area contributed by atoms with Crippen LogP contribution in [-0.2, 0) is 16.4 Å². The molecule has 1 aromatic carbocycles. The summed E-state index contributed by atoms with van der Waals surface area (Å²) in [5.74, 6) is 0.279. The van der Waals surface area contributed by atoms with Crippen LogP contribution in [0.1, 0.15) is 21.7 Å². The third kappa shape index (κ3) is 4.50. The normalized spacial score (nSPS) is 17.6. The average Bonchev–Trinajstić information content (AvgIpc) is 3.33. The molecule has 3 rings (SSSR count). The number of thiophene rings is 1. The number of rotatable bonds is 7. The molecule has 140 valence electrons. The predicted octanol–water partition coefficient (Wildman–Crippen LogP) is 1.69. The molecule has 6 nitrogen and oxygen atoms in total. The van der Waals surface area contributed by atoms with Crippen LogP contribution in [0.5, 0.6) is 0 Å². The first kappa shape index (κ1) is 19.0. The standard InChI is InChI=1S/C18H23N3O3S2/c19-12-14-8-10-21(13-14)18(22)15-3-5-17(6-4-15)26(23,24)20-9-7-16-2-1-11-25-16/h1-6,11,14,20H,7-10,12-13,19H2. The van der Waals surface area contributed by atoms with Crippen molar-refractivity contribution in [1.29, 1.82) is 0 Å². The number of sulfonamides is 1. The van der Waals surface area contributed by atoms with Gasteiger partial charge in [0.05, 0.1) is 4.90 Å². The zero-order chi connectivity index (χ0) is 18.6. The van der Waals surface area contributed by atoms with E-state index in [0.717, 1.165) is 11.3 Å². The van der Waals surface area contributed by atoms with Gasteiger partial charge in [-0.25, -0.2) is 13.1 Å². The molecule has 1 fully saturated rings. The number of amides is 1. The third-order valence-electron chi connectivity index (χ3n) is 4.56. The van der Waals surface area contributed by atoms with E-state index in [2.05, 4.69) is 4.72 Å². The van der Waals surface area contributed by atoms with E-state index in [1.54, 1.807) is 28.4 Å². The van der Waals surface area contributed by atoms with E-state index >= 15 is 0 Å². The molecule has 1 aliphatic rings. The van der Waals surface area contributed by atoms with Crippen LogP contribution in [0.25, 0.3) is 0 Å². The highest BCUT2D eigenvalue weighted by molar-refractivity contribution is 7.89. The van der Waals surface area contributed by atoms with Crippen molar-refractivity contribution in [2.75, 3.05) is 26.2 Å². The fourth-order valence-corrected chi connectivity index (χ4v) is 4.76. The summed E-state index contributed by atoms with van der Waals surface area (Å²) in [5, 5.41) is 1.97. The number of nitrogens with two attached hydrogens (primary N) is 1. The molecule has 1 atom stereocenters. The molecular weight excluding hydrogens is 370 g/mol. The van der Waals surface area contributed by atoms with Crippen LogP contribution in [0.4, 0.5) is 0 Å². The van der Waals surface area contributed by atoms with Gasteiger partial charge in [-0.1, -0.05) is 6.07 Å². The van der Waals surface area contributed by atoms with Crippen LogP contribution >= 0.6 is 11.3 Å². The fraction of sp³-hybridized carbons (Fsp3) is 0.389. The van der Waals surface area contributed by atoms with Gasteiger partial charge in [0.25, 0.3) is 5.91 Å². The lowest BCUT2D eigenvalue weighted by atomic mass is 10.1. The second kappa shape index (κ2) is 8.30. The lowest BCUT2D eigenvalue weighted by molar-refractivity contribution is 0.0787. The summed E-state index contributed by atoms with van der Waals surface area (Å²) in [6, 6.07) is 10.0. The van der Waals surface area contributed by atoms with Crippen molar-refractivity contribution in [2.45, 2.75) is 17.7 Å². The van der Waals surface area contributed by atoms with E-state index in [-0.39, 0.29) is 10.8 Å². The molecule has 26 heavy (non-hydrogen) atoms. The van der Waals surface area contributed by atoms with Gasteiger partial charge in [0.15, 0.2) is 0 Å². The van der Waals surface area contributed by atoms with Crippen molar-refractivity contribution in [1.82, 2.24) is 9.62 Å². The molecule has 1 unspecified atom stereocenters. The Balaban J connectivity index is 1.60. The Labute approximate surface area is 158 Å². The highest BCUT2D eigenvalue weighted by atomic mass is 32.2. The zero-order valence-corrected chi connectivity index (χ0v) is 16.1. The molecular formula is C18H23N3O3S2. The average molecular weight is 394 g/mol. The Bertz CT molecular complexity index is 833. The van der Waals surface area contributed by atoms with Crippen LogP contribution in [0.15, 0.2) is 46.7 Å². The van der Waals surface area contributed by atoms with Gasteiger partial charge < -0.3 is 10.6 Å². The molecule has 0 saturated carbocycles. The van der Waals surface area contributed by atoms with Gasteiger partial charge in [-0.05, 0) is 61.0 Å². The molecule has 0 radical (unpaired) electrons. The second-order valence-corrected chi connectivity index (χ2v) is 9.19. The van der Waals surface area contributed by atoms with Gasteiger partial charge >= 0.3 is 0 Å². The summed E-state index contributed by atoms with van der Waals surface area (Å²) in [5.41, 5.74) is 6.16. The molecule has 0 spiro atoms. The smallest absolute Gasteiger partial charge is 0.253 e. The topological polar surface area (TPSA) is 92.5 Å². The molecule has 0 aliphatic carbocycles. The zero-order valence-electron chi connectivity index (χ0n) is 14.4. The second-order valence-electron chi connectivity index (χ2n) is 6.39. The summed E-state index contributed by atoms with van der Waals surface area (Å²) in [4.78, 5) is 15.6. The Morgan fingerprint density at radius 1 is 1.27 bits per heavy atom. The minimum atomic E-state index is -3.57. The largest absolute Gasteiger partial charge is 0.338 e. The Morgan fingerprint density at radius 3 is 2.65 bits per heavy atom. The van der Waals surface area contributed by atoms with Crippen LogP contribution in [0, 0.1) is 5.92 Å². The SMILES string of the molecule is NCC1CCN(C(=O)c2ccc(S(=O)(=O)NCCc3cccs3)cc2)C1. The predicted molar refractivity (Wildman–Crippen MR) is 103 cm³/mol. The summed E-state index contributed by atoms with van der Waals surface area (Å²) in [6.07, 6.45) is 1.58. The highest BCUT2D eigenvalue weighted by Crippen LogP contribution is 2.19. The van der Waals surface area contributed by atoms with Crippen LogP contribution in [-0.4, -0.2) is 45.4 Å². The lowest BCUT2D eigenvalue weighted by Crippen LogP contribution is -2.30. The van der Waals surface area contributed by atoms with Gasteiger partial charge in [-0.2, -0.15) is 0 Å². The monoisotopic (exact) mass is 393 g/mol. The van der Waals surface area contributed by atoms with E-state index in [1.165, 1.54) is 12.1 Å². The van der Waals surface area contributed by atoms with Crippen LogP contribution in [0.2, 0.25) is 0 Å². The first-order chi connectivity index (χ1) is 12.5. The fourth-order valence-electron chi connectivity index (χ4n) is 3.02. The van der Waals surface area contributed by atoms with Crippen molar-refractivity contribution < 1.29 is 13.2 Å². The van der Waals surface area contributed by atoms with Gasteiger partial charge in [0.2, 0.25) is 10.0 Å². The molecule has 1 amide bonds. The van der Waals surface area contributed by atoms with Gasteiger partial charge in [0, 0.05) is 30.1 Å². The van der Waals surface area contributed by atoms with E-state index < -0.39 is 10.0 Å². The Kier molecular flexibility index (Phi) is 6.08. The van der Waals surface area contributed by atoms with E-state index in [1.807, 2.05) is 17.5 Å². The maximum Gasteiger partial charge on any atom is 0.253 e. The quantitative estimate of drug-likeness (QED) is 0.749. The minimum absolute atomic E-state index is 0.0736. The van der Waals surface area contributed by atoms with Gasteiger partial charge in [0.1, 0.15) is 0 Å². The molecule has 8 heteroatoms. The van der Waals surface area contributed by atoms with Crippen molar-refractivity contribution in [3.8, 4) is 0 Å². The summed E-state index contributed by atoms with van der Waals surface area (Å²) in [6.45, 7) is 2.29. The third-order valence-corrected chi connectivity index (χ3v) is 6.97. The number of hydrogen-bond donors (Lipinski definition) is 2. The van der Waals surface area contributed by atoms with E-state index in [0.29, 0.717) is 44.1 Å². The van der Waals surface area contributed by atoms with Crippen LogP contribution < -0.4 is 10.5 Å². The number of benzene rings is 1. The maximum absolute atomic E-state index is 12.5.